The van der Waals surface area contributed by atoms with Gasteiger partial charge in [0.15, 0.2) is 0 Å². The van der Waals surface area contributed by atoms with E-state index in [1.807, 2.05) is 0 Å². The molecule has 18 heavy (non-hydrogen) atoms. The summed E-state index contributed by atoms with van der Waals surface area (Å²) in [6.45, 7) is 1.70. The molecule has 1 aromatic rings. The fourth-order valence-electron chi connectivity index (χ4n) is 1.78. The largest absolute Gasteiger partial charge is 0.373 e. The number of rotatable bonds is 3. The van der Waals surface area contributed by atoms with Crippen molar-refractivity contribution >= 4 is 23.2 Å². The lowest BCUT2D eigenvalue weighted by Gasteiger charge is -2.12. The van der Waals surface area contributed by atoms with Gasteiger partial charge in [-0.05, 0) is 18.6 Å². The summed E-state index contributed by atoms with van der Waals surface area (Å²) in [6, 6.07) is 3.68. The summed E-state index contributed by atoms with van der Waals surface area (Å²) in [5, 5.41) is 15.7. The minimum absolute atomic E-state index is 0.00926. The molecule has 1 saturated heterocycles. The van der Waals surface area contributed by atoms with Gasteiger partial charge in [-0.15, -0.1) is 0 Å². The first-order valence-electron chi connectivity index (χ1n) is 5.32. The molecule has 1 heterocycles. The van der Waals surface area contributed by atoms with Crippen molar-refractivity contribution in [1.29, 1.82) is 0 Å². The maximum atomic E-state index is 11.4. The molecule has 2 amide bonds. The predicted octanol–water partition coefficient (Wildman–Crippen LogP) is 0.730. The van der Waals surface area contributed by atoms with Crippen molar-refractivity contribution in [2.45, 2.75) is 19.4 Å². The Balaban J connectivity index is 2.17. The highest BCUT2D eigenvalue weighted by Gasteiger charge is 2.30. The lowest BCUT2D eigenvalue weighted by atomic mass is 10.1. The molecule has 0 aliphatic carbocycles. The zero-order chi connectivity index (χ0) is 13.3. The molecule has 1 unspecified atom stereocenters. The molecule has 0 bridgehead atoms. The number of nitrogens with zero attached hydrogens (tertiary/aromatic N) is 1. The Morgan fingerprint density at radius 3 is 2.67 bits per heavy atom. The lowest BCUT2D eigenvalue weighted by Crippen LogP contribution is -2.30. The van der Waals surface area contributed by atoms with E-state index in [4.69, 9.17) is 0 Å². The van der Waals surface area contributed by atoms with Crippen LogP contribution >= 0.6 is 0 Å². The Morgan fingerprint density at radius 1 is 1.44 bits per heavy atom. The minimum Gasteiger partial charge on any atom is -0.373 e. The zero-order valence-corrected chi connectivity index (χ0v) is 9.60. The number of hydrogen-bond donors (Lipinski definition) is 2. The number of aryl methyl sites for hydroxylation is 1. The van der Waals surface area contributed by atoms with Gasteiger partial charge in [0.1, 0.15) is 6.04 Å². The number of carbonyl (C=O) groups excluding carboxylic acids is 2. The molecule has 0 aromatic heterocycles. The van der Waals surface area contributed by atoms with Crippen LogP contribution in [0, 0.1) is 17.0 Å². The van der Waals surface area contributed by atoms with E-state index < -0.39 is 11.0 Å². The second-order valence-electron chi connectivity index (χ2n) is 4.07. The average molecular weight is 249 g/mol. The Bertz CT molecular complexity index is 541. The van der Waals surface area contributed by atoms with Gasteiger partial charge in [-0.25, -0.2) is 0 Å². The van der Waals surface area contributed by atoms with Crippen LogP contribution in [0.3, 0.4) is 0 Å². The molecule has 7 heteroatoms. The van der Waals surface area contributed by atoms with Gasteiger partial charge in [0.2, 0.25) is 11.8 Å². The Hall–Kier alpha value is -2.44. The van der Waals surface area contributed by atoms with E-state index in [9.17, 15) is 19.7 Å². The highest BCUT2D eigenvalue weighted by Crippen LogP contribution is 2.22. The first kappa shape index (κ1) is 12.0. The normalized spacial score (nSPS) is 18.6. The monoisotopic (exact) mass is 249 g/mol. The summed E-state index contributed by atoms with van der Waals surface area (Å²) in [6.07, 6.45) is 0.0786. The topological polar surface area (TPSA) is 101 Å². The van der Waals surface area contributed by atoms with Crippen LogP contribution in [-0.4, -0.2) is 22.8 Å². The van der Waals surface area contributed by atoms with E-state index in [1.54, 1.807) is 6.92 Å². The van der Waals surface area contributed by atoms with E-state index in [0.717, 1.165) is 0 Å². The SMILES string of the molecule is Cc1cc([N+](=O)[O-])ccc1NC1CC(=O)NC1=O. The number of nitro groups is 1. The van der Waals surface area contributed by atoms with Crippen molar-refractivity contribution in [2.24, 2.45) is 0 Å². The van der Waals surface area contributed by atoms with Crippen LogP contribution in [0.15, 0.2) is 18.2 Å². The van der Waals surface area contributed by atoms with Crippen molar-refractivity contribution < 1.29 is 14.5 Å². The molecule has 2 rings (SSSR count). The van der Waals surface area contributed by atoms with Crippen LogP contribution in [0.2, 0.25) is 0 Å². The summed E-state index contributed by atoms with van der Waals surface area (Å²) >= 11 is 0. The molecular formula is C11H11N3O4. The fraction of sp³-hybridized carbons (Fsp3) is 0.273. The van der Waals surface area contributed by atoms with Crippen LogP contribution in [0.25, 0.3) is 0 Å². The number of benzene rings is 1. The van der Waals surface area contributed by atoms with Crippen molar-refractivity contribution in [3.63, 3.8) is 0 Å². The number of anilines is 1. The summed E-state index contributed by atoms with van der Waals surface area (Å²) in [7, 11) is 0. The first-order chi connectivity index (χ1) is 8.47. The summed E-state index contributed by atoms with van der Waals surface area (Å²) < 4.78 is 0. The molecule has 0 radical (unpaired) electrons. The second-order valence-corrected chi connectivity index (χ2v) is 4.07. The van der Waals surface area contributed by atoms with E-state index in [2.05, 4.69) is 10.6 Å². The van der Waals surface area contributed by atoms with E-state index in [0.29, 0.717) is 11.3 Å². The maximum absolute atomic E-state index is 11.4. The quantitative estimate of drug-likeness (QED) is 0.467. The molecule has 0 spiro atoms. The molecule has 1 aromatic carbocycles. The molecular weight excluding hydrogens is 238 g/mol. The number of carbonyl (C=O) groups is 2. The van der Waals surface area contributed by atoms with E-state index in [1.165, 1.54) is 18.2 Å². The van der Waals surface area contributed by atoms with Gasteiger partial charge in [-0.1, -0.05) is 0 Å². The highest BCUT2D eigenvalue weighted by molar-refractivity contribution is 6.06. The third-order valence-corrected chi connectivity index (χ3v) is 2.72. The van der Waals surface area contributed by atoms with Gasteiger partial charge in [0.05, 0.1) is 11.3 Å². The van der Waals surface area contributed by atoms with Crippen molar-refractivity contribution in [1.82, 2.24) is 5.32 Å². The number of imide groups is 1. The van der Waals surface area contributed by atoms with Crippen LogP contribution in [0.4, 0.5) is 11.4 Å². The van der Waals surface area contributed by atoms with Gasteiger partial charge in [-0.2, -0.15) is 0 Å². The van der Waals surface area contributed by atoms with Crippen LogP contribution < -0.4 is 10.6 Å². The summed E-state index contributed by atoms with van der Waals surface area (Å²) in [5.41, 5.74) is 1.25. The number of non-ortho nitro benzene ring substituents is 1. The van der Waals surface area contributed by atoms with E-state index >= 15 is 0 Å². The number of nitrogens with one attached hydrogen (secondary N) is 2. The first-order valence-corrected chi connectivity index (χ1v) is 5.32. The van der Waals surface area contributed by atoms with Gasteiger partial charge >= 0.3 is 0 Å². The molecule has 2 N–H and O–H groups in total. The van der Waals surface area contributed by atoms with E-state index in [-0.39, 0.29) is 23.9 Å². The summed E-state index contributed by atoms with van der Waals surface area (Å²) in [5.74, 6) is -0.699. The Morgan fingerprint density at radius 2 is 2.17 bits per heavy atom. The third kappa shape index (κ3) is 2.29. The Kier molecular flexibility index (Phi) is 2.97. The Labute approximate surface area is 102 Å². The molecule has 1 aliphatic rings. The molecule has 0 saturated carbocycles. The smallest absolute Gasteiger partial charge is 0.269 e. The third-order valence-electron chi connectivity index (χ3n) is 2.72. The number of hydrogen-bond acceptors (Lipinski definition) is 5. The molecule has 1 aliphatic heterocycles. The maximum Gasteiger partial charge on any atom is 0.269 e. The average Bonchev–Trinajstić information content (AvgIpc) is 2.60. The molecule has 94 valence electrons. The number of nitro benzene ring substituents is 1. The van der Waals surface area contributed by atoms with Crippen molar-refractivity contribution in [3.05, 3.63) is 33.9 Å². The van der Waals surface area contributed by atoms with Crippen LogP contribution in [-0.2, 0) is 9.59 Å². The fourth-order valence-corrected chi connectivity index (χ4v) is 1.78. The predicted molar refractivity (Wildman–Crippen MR) is 63.0 cm³/mol. The number of amides is 2. The molecule has 1 atom stereocenters. The standard InChI is InChI=1S/C11H11N3O4/c1-6-4-7(14(17)18)2-3-8(6)12-9-5-10(15)13-11(9)16/h2-4,9,12H,5H2,1H3,(H,13,15,16). The van der Waals surface area contributed by atoms with Crippen LogP contribution in [0.1, 0.15) is 12.0 Å². The van der Waals surface area contributed by atoms with Crippen molar-refractivity contribution in [3.8, 4) is 0 Å². The van der Waals surface area contributed by atoms with Gasteiger partial charge in [0.25, 0.3) is 5.69 Å². The zero-order valence-electron chi connectivity index (χ0n) is 9.60. The second kappa shape index (κ2) is 4.44. The van der Waals surface area contributed by atoms with Gasteiger partial charge in [0, 0.05) is 17.8 Å². The van der Waals surface area contributed by atoms with Gasteiger partial charge in [-0.3, -0.25) is 25.0 Å². The van der Waals surface area contributed by atoms with Crippen molar-refractivity contribution in [2.75, 3.05) is 5.32 Å². The lowest BCUT2D eigenvalue weighted by molar-refractivity contribution is -0.384. The minimum atomic E-state index is -0.613. The molecule has 7 nitrogen and oxygen atoms in total. The van der Waals surface area contributed by atoms with Gasteiger partial charge < -0.3 is 5.32 Å². The van der Waals surface area contributed by atoms with Crippen LogP contribution in [0.5, 0.6) is 0 Å². The summed E-state index contributed by atoms with van der Waals surface area (Å²) in [4.78, 5) is 32.5. The highest BCUT2D eigenvalue weighted by atomic mass is 16.6. The molecule has 1 fully saturated rings.